The molecule has 0 radical (unpaired) electrons. The van der Waals surface area contributed by atoms with Crippen molar-refractivity contribution < 1.29 is 22.7 Å². The van der Waals surface area contributed by atoms with E-state index in [1.54, 1.807) is 6.26 Å². The molecule has 9 nitrogen and oxygen atoms in total. The molecular formula is C11H14N4O5S2. The normalized spacial score (nSPS) is 18.6. The number of ether oxygens (including phenoxy) is 1. The van der Waals surface area contributed by atoms with Crippen LogP contribution in [-0.2, 0) is 19.6 Å². The van der Waals surface area contributed by atoms with Gasteiger partial charge in [0.2, 0.25) is 15.9 Å². The second kappa shape index (κ2) is 6.18. The van der Waals surface area contributed by atoms with Gasteiger partial charge < -0.3 is 4.74 Å². The molecule has 1 aromatic heterocycles. The van der Waals surface area contributed by atoms with E-state index in [2.05, 4.69) is 14.7 Å². The molecule has 120 valence electrons. The Labute approximate surface area is 131 Å². The molecule has 0 aromatic carbocycles. The van der Waals surface area contributed by atoms with Crippen molar-refractivity contribution in [3.05, 3.63) is 11.8 Å². The number of sulfonamides is 1. The van der Waals surface area contributed by atoms with E-state index in [-0.39, 0.29) is 24.3 Å². The highest BCUT2D eigenvalue weighted by molar-refractivity contribution is 7.98. The zero-order valence-corrected chi connectivity index (χ0v) is 13.5. The highest BCUT2D eigenvalue weighted by Crippen LogP contribution is 2.27. The maximum Gasteiger partial charge on any atom is 0.343 e. The van der Waals surface area contributed by atoms with Crippen LogP contribution >= 0.6 is 11.8 Å². The van der Waals surface area contributed by atoms with Crippen molar-refractivity contribution in [2.75, 3.05) is 24.8 Å². The molecule has 2 N–H and O–H groups in total. The Balaban J connectivity index is 2.47. The molecule has 1 saturated heterocycles. The van der Waals surface area contributed by atoms with Crippen LogP contribution in [0.2, 0.25) is 0 Å². The van der Waals surface area contributed by atoms with E-state index in [1.165, 1.54) is 25.1 Å². The molecule has 0 saturated carbocycles. The first kappa shape index (κ1) is 16.6. The summed E-state index contributed by atoms with van der Waals surface area (Å²) < 4.78 is 27.5. The van der Waals surface area contributed by atoms with Crippen molar-refractivity contribution in [1.82, 2.24) is 9.97 Å². The Kier molecular flexibility index (Phi) is 4.68. The fourth-order valence-electron chi connectivity index (χ4n) is 2.01. The summed E-state index contributed by atoms with van der Waals surface area (Å²) in [4.78, 5) is 33.1. The summed E-state index contributed by atoms with van der Waals surface area (Å²) >= 11 is 1.22. The van der Waals surface area contributed by atoms with Gasteiger partial charge in [-0.25, -0.2) is 28.3 Å². The van der Waals surface area contributed by atoms with Crippen molar-refractivity contribution >= 4 is 39.5 Å². The lowest BCUT2D eigenvalue weighted by Gasteiger charge is -2.18. The van der Waals surface area contributed by atoms with E-state index in [4.69, 9.17) is 5.14 Å². The van der Waals surface area contributed by atoms with E-state index in [1.807, 2.05) is 0 Å². The number of hydrogen-bond donors (Lipinski definition) is 1. The Hall–Kier alpha value is -1.72. The topological polar surface area (TPSA) is 133 Å². The lowest BCUT2D eigenvalue weighted by atomic mass is 10.3. The first-order chi connectivity index (χ1) is 10.3. The number of primary sulfonamides is 1. The Morgan fingerprint density at radius 3 is 2.73 bits per heavy atom. The molecule has 11 heteroatoms. The van der Waals surface area contributed by atoms with Gasteiger partial charge in [-0.15, -0.1) is 0 Å². The Bertz CT molecular complexity index is 721. The van der Waals surface area contributed by atoms with Gasteiger partial charge in [0, 0.05) is 19.2 Å². The van der Waals surface area contributed by atoms with Gasteiger partial charge in [0.1, 0.15) is 10.8 Å². The summed E-state index contributed by atoms with van der Waals surface area (Å²) in [6, 6.07) is 0. The second-order valence-electron chi connectivity index (χ2n) is 4.51. The fourth-order valence-corrected chi connectivity index (χ4v) is 3.08. The van der Waals surface area contributed by atoms with Crippen LogP contribution in [0.4, 0.5) is 5.82 Å². The summed E-state index contributed by atoms with van der Waals surface area (Å²) in [6.45, 7) is -0.160. The summed E-state index contributed by atoms with van der Waals surface area (Å²) in [6.07, 6.45) is 2.73. The predicted molar refractivity (Wildman–Crippen MR) is 79.0 cm³/mol. The molecule has 0 aliphatic carbocycles. The first-order valence-corrected chi connectivity index (χ1v) is 8.92. The molecule has 1 fully saturated rings. The van der Waals surface area contributed by atoms with E-state index in [0.717, 1.165) is 4.90 Å². The monoisotopic (exact) mass is 346 g/mol. The highest BCUT2D eigenvalue weighted by atomic mass is 32.2. The summed E-state index contributed by atoms with van der Waals surface area (Å²) in [5.74, 6) is -1.16. The van der Waals surface area contributed by atoms with Crippen molar-refractivity contribution in [3.63, 3.8) is 0 Å². The molecule has 1 aliphatic heterocycles. The lowest BCUT2D eigenvalue weighted by Crippen LogP contribution is -2.33. The highest BCUT2D eigenvalue weighted by Gasteiger charge is 2.39. The van der Waals surface area contributed by atoms with E-state index < -0.39 is 27.1 Å². The van der Waals surface area contributed by atoms with Gasteiger partial charge in [-0.1, -0.05) is 11.8 Å². The van der Waals surface area contributed by atoms with Crippen molar-refractivity contribution in [3.8, 4) is 0 Å². The van der Waals surface area contributed by atoms with Crippen LogP contribution in [0.3, 0.4) is 0 Å². The minimum absolute atomic E-state index is 0.0104. The Morgan fingerprint density at radius 2 is 2.23 bits per heavy atom. The standard InChI is InChI=1S/C11H14N4O5S2/c1-20-10(17)7-4-13-11(21-2)14-9(7)15-5-6(3-8(15)16)22(12,18)19/h4,6H,3,5H2,1-2H3,(H2,12,18,19). The number of amides is 1. The smallest absolute Gasteiger partial charge is 0.343 e. The average molecular weight is 346 g/mol. The molecule has 0 spiro atoms. The van der Waals surface area contributed by atoms with Gasteiger partial charge >= 0.3 is 5.97 Å². The molecule has 1 amide bonds. The van der Waals surface area contributed by atoms with E-state index in [0.29, 0.717) is 5.16 Å². The number of hydrogen-bond acceptors (Lipinski definition) is 8. The molecule has 1 aliphatic rings. The van der Waals surface area contributed by atoms with Crippen LogP contribution in [-0.4, -0.2) is 55.4 Å². The Morgan fingerprint density at radius 1 is 1.55 bits per heavy atom. The van der Waals surface area contributed by atoms with Crippen molar-refractivity contribution in [2.45, 2.75) is 16.8 Å². The van der Waals surface area contributed by atoms with Gasteiger partial charge in [-0.3, -0.25) is 9.69 Å². The summed E-state index contributed by atoms with van der Waals surface area (Å²) in [5, 5.41) is 4.40. The molecular weight excluding hydrogens is 332 g/mol. The number of aromatic nitrogens is 2. The molecule has 0 bridgehead atoms. The average Bonchev–Trinajstić information content (AvgIpc) is 2.87. The minimum Gasteiger partial charge on any atom is -0.465 e. The fraction of sp³-hybridized carbons (Fsp3) is 0.455. The lowest BCUT2D eigenvalue weighted by molar-refractivity contribution is -0.117. The third-order valence-corrected chi connectivity index (χ3v) is 4.95. The number of nitrogens with two attached hydrogens (primary N) is 1. The maximum atomic E-state index is 12.1. The van der Waals surface area contributed by atoms with Crippen LogP contribution in [0.25, 0.3) is 0 Å². The zero-order chi connectivity index (χ0) is 16.5. The maximum absolute atomic E-state index is 12.1. The van der Waals surface area contributed by atoms with E-state index >= 15 is 0 Å². The second-order valence-corrected chi connectivity index (χ2v) is 7.12. The van der Waals surface area contributed by atoms with Crippen LogP contribution in [0.1, 0.15) is 16.8 Å². The molecule has 1 unspecified atom stereocenters. The van der Waals surface area contributed by atoms with Gasteiger partial charge in [0.15, 0.2) is 11.0 Å². The number of methoxy groups -OCH3 is 1. The number of nitrogens with zero attached hydrogens (tertiary/aromatic N) is 3. The molecule has 22 heavy (non-hydrogen) atoms. The van der Waals surface area contributed by atoms with Crippen molar-refractivity contribution in [1.29, 1.82) is 0 Å². The van der Waals surface area contributed by atoms with Crippen LogP contribution in [0.15, 0.2) is 11.4 Å². The first-order valence-electron chi connectivity index (χ1n) is 6.09. The number of carbonyl (C=O) groups is 2. The number of carbonyl (C=O) groups excluding carboxylic acids is 2. The molecule has 1 atom stereocenters. The molecule has 1 aromatic rings. The number of rotatable bonds is 4. The van der Waals surface area contributed by atoms with Crippen LogP contribution < -0.4 is 10.0 Å². The molecule has 2 rings (SSSR count). The third-order valence-electron chi connectivity index (χ3n) is 3.14. The van der Waals surface area contributed by atoms with Gasteiger partial charge in [-0.2, -0.15) is 0 Å². The number of thioether (sulfide) groups is 1. The number of anilines is 1. The quantitative estimate of drug-likeness (QED) is 0.433. The largest absolute Gasteiger partial charge is 0.465 e. The van der Waals surface area contributed by atoms with Gasteiger partial charge in [0.25, 0.3) is 0 Å². The number of esters is 1. The molecule has 2 heterocycles. The summed E-state index contributed by atoms with van der Waals surface area (Å²) in [7, 11) is -2.67. The van der Waals surface area contributed by atoms with Crippen LogP contribution in [0.5, 0.6) is 0 Å². The third kappa shape index (κ3) is 3.20. The zero-order valence-electron chi connectivity index (χ0n) is 11.8. The van der Waals surface area contributed by atoms with E-state index in [9.17, 15) is 18.0 Å². The summed E-state index contributed by atoms with van der Waals surface area (Å²) in [5.41, 5.74) is -0.0104. The van der Waals surface area contributed by atoms with Gasteiger partial charge in [0.05, 0.1) is 7.11 Å². The minimum atomic E-state index is -3.86. The predicted octanol–water partition coefficient (Wildman–Crippen LogP) is -0.621. The van der Waals surface area contributed by atoms with Gasteiger partial charge in [-0.05, 0) is 6.26 Å². The van der Waals surface area contributed by atoms with Crippen LogP contribution in [0, 0.1) is 0 Å². The van der Waals surface area contributed by atoms with Crippen molar-refractivity contribution in [2.24, 2.45) is 5.14 Å². The SMILES string of the molecule is COC(=O)c1cnc(SC)nc1N1CC(S(N)(=O)=O)CC1=O.